The fourth-order valence-corrected chi connectivity index (χ4v) is 5.04. The number of benzene rings is 2. The molecule has 1 saturated heterocycles. The highest BCUT2D eigenvalue weighted by atomic mass is 32.1. The number of rotatable bonds is 5. The van der Waals surface area contributed by atoms with Gasteiger partial charge in [0.15, 0.2) is 5.13 Å². The van der Waals surface area contributed by atoms with E-state index >= 15 is 0 Å². The summed E-state index contributed by atoms with van der Waals surface area (Å²) in [4.78, 5) is 32.6. The van der Waals surface area contributed by atoms with Crippen molar-refractivity contribution >= 4 is 45.5 Å². The largest absolute Gasteiger partial charge is 0.465 e. The van der Waals surface area contributed by atoms with Gasteiger partial charge in [-0.1, -0.05) is 44.2 Å². The molecule has 4 rings (SSSR count). The molecular formula is C25H28FN5O3S. The maximum Gasteiger partial charge on any atom is 0.407 e. The smallest absolute Gasteiger partial charge is 0.407 e. The molecule has 1 aliphatic rings. The van der Waals surface area contributed by atoms with Gasteiger partial charge in [0.2, 0.25) is 5.78 Å². The zero-order valence-electron chi connectivity index (χ0n) is 19.8. The second-order valence-corrected chi connectivity index (χ2v) is 10.5. The average Bonchev–Trinajstić information content (AvgIpc) is 3.17. The Hall–Kier alpha value is -3.66. The highest BCUT2D eigenvalue weighted by molar-refractivity contribution is 7.18. The number of carbonyl (C=O) groups excluding carboxylic acids is 1. The Morgan fingerprint density at radius 1 is 1.17 bits per heavy atom. The number of anilines is 4. The van der Waals surface area contributed by atoms with E-state index in [0.717, 1.165) is 22.7 Å². The molecule has 35 heavy (non-hydrogen) atoms. The first-order chi connectivity index (χ1) is 16.5. The van der Waals surface area contributed by atoms with Gasteiger partial charge < -0.3 is 26.0 Å². The summed E-state index contributed by atoms with van der Waals surface area (Å²) >= 11 is 1.11. The molecule has 3 aromatic rings. The third kappa shape index (κ3) is 5.37. The number of halogens is 1. The van der Waals surface area contributed by atoms with Crippen molar-refractivity contribution in [1.29, 1.82) is 0 Å². The molecule has 0 aliphatic carbocycles. The van der Waals surface area contributed by atoms with Crippen LogP contribution in [0.15, 0.2) is 48.5 Å². The Kier molecular flexibility index (Phi) is 6.66. The van der Waals surface area contributed by atoms with Gasteiger partial charge in [0.05, 0.1) is 6.04 Å². The van der Waals surface area contributed by atoms with E-state index in [0.29, 0.717) is 24.8 Å². The Morgan fingerprint density at radius 2 is 1.89 bits per heavy atom. The number of carbonyl (C=O) groups is 2. The third-order valence-corrected chi connectivity index (χ3v) is 7.04. The van der Waals surface area contributed by atoms with Gasteiger partial charge in [-0.25, -0.2) is 14.2 Å². The summed E-state index contributed by atoms with van der Waals surface area (Å²) in [7, 11) is 0. The lowest BCUT2D eigenvalue weighted by molar-refractivity contribution is 0.0748. The maximum absolute atomic E-state index is 13.5. The van der Waals surface area contributed by atoms with Crippen molar-refractivity contribution in [3.05, 3.63) is 64.8 Å². The standard InChI is InChI=1S/C25H28FN5O3S/c1-25(2,3)19-14-30(11-12-31(19)24(33)34)18-9-7-17(8-10-18)28-23-29-22(27)21(35-23)20(32)15-5-4-6-16(26)13-15/h4-10,13,19H,11-12,14,27H2,1-3H3,(H,28,29)(H,33,34). The molecule has 1 atom stereocenters. The van der Waals surface area contributed by atoms with Crippen molar-refractivity contribution in [1.82, 2.24) is 9.88 Å². The quantitative estimate of drug-likeness (QED) is 0.423. The van der Waals surface area contributed by atoms with Crippen LogP contribution in [0.5, 0.6) is 0 Å². The van der Waals surface area contributed by atoms with E-state index in [9.17, 15) is 19.1 Å². The number of nitrogens with one attached hydrogen (secondary N) is 1. The molecule has 1 fully saturated rings. The molecule has 0 saturated carbocycles. The van der Waals surface area contributed by atoms with Crippen molar-refractivity contribution in [3.63, 3.8) is 0 Å². The number of piperazine rings is 1. The monoisotopic (exact) mass is 497 g/mol. The van der Waals surface area contributed by atoms with Crippen LogP contribution in [0.2, 0.25) is 0 Å². The zero-order chi connectivity index (χ0) is 25.3. The van der Waals surface area contributed by atoms with E-state index in [4.69, 9.17) is 5.73 Å². The molecule has 0 bridgehead atoms. The number of amides is 1. The van der Waals surface area contributed by atoms with E-state index in [2.05, 4.69) is 36.0 Å². The van der Waals surface area contributed by atoms with E-state index in [1.807, 2.05) is 24.3 Å². The number of nitrogen functional groups attached to an aromatic ring is 1. The second-order valence-electron chi connectivity index (χ2n) is 9.55. The van der Waals surface area contributed by atoms with Gasteiger partial charge in [-0.3, -0.25) is 4.79 Å². The number of nitrogens with two attached hydrogens (primary N) is 1. The molecule has 0 radical (unpaired) electrons. The average molecular weight is 498 g/mol. The van der Waals surface area contributed by atoms with Crippen LogP contribution in [0.4, 0.5) is 31.5 Å². The molecule has 1 aliphatic heterocycles. The SMILES string of the molecule is CC(C)(C)C1CN(c2ccc(Nc3nc(N)c(C(=O)c4cccc(F)c4)s3)cc2)CCN1C(=O)O. The molecule has 1 unspecified atom stereocenters. The highest BCUT2D eigenvalue weighted by Crippen LogP contribution is 2.32. The van der Waals surface area contributed by atoms with Crippen LogP contribution >= 0.6 is 11.3 Å². The lowest BCUT2D eigenvalue weighted by Crippen LogP contribution is -2.59. The number of ketones is 1. The van der Waals surface area contributed by atoms with Crippen molar-refractivity contribution < 1.29 is 19.1 Å². The summed E-state index contributed by atoms with van der Waals surface area (Å²) in [5.41, 5.74) is 7.75. The Balaban J connectivity index is 1.46. The van der Waals surface area contributed by atoms with Gasteiger partial charge >= 0.3 is 6.09 Å². The van der Waals surface area contributed by atoms with Gasteiger partial charge in [0.25, 0.3) is 0 Å². The number of carboxylic acid groups (broad SMARTS) is 1. The fourth-order valence-electron chi connectivity index (χ4n) is 4.18. The minimum absolute atomic E-state index is 0.0907. The van der Waals surface area contributed by atoms with Crippen LogP contribution in [0.1, 0.15) is 36.0 Å². The van der Waals surface area contributed by atoms with Crippen molar-refractivity contribution in [2.45, 2.75) is 26.8 Å². The topological polar surface area (TPSA) is 112 Å². The number of hydrogen-bond acceptors (Lipinski definition) is 7. The molecule has 1 aromatic heterocycles. The van der Waals surface area contributed by atoms with Crippen LogP contribution in [0.25, 0.3) is 0 Å². The lowest BCUT2D eigenvalue weighted by Gasteiger charge is -2.46. The Morgan fingerprint density at radius 3 is 2.51 bits per heavy atom. The van der Waals surface area contributed by atoms with E-state index < -0.39 is 11.9 Å². The predicted molar refractivity (Wildman–Crippen MR) is 136 cm³/mol. The molecule has 184 valence electrons. The number of thiazole rings is 1. The minimum atomic E-state index is -0.887. The van der Waals surface area contributed by atoms with Crippen LogP contribution in [-0.2, 0) is 0 Å². The first-order valence-corrected chi connectivity index (χ1v) is 12.0. The van der Waals surface area contributed by atoms with Gasteiger partial charge in [0.1, 0.15) is 16.5 Å². The second kappa shape index (κ2) is 9.53. The van der Waals surface area contributed by atoms with Gasteiger partial charge in [-0.2, -0.15) is 0 Å². The summed E-state index contributed by atoms with van der Waals surface area (Å²) in [5, 5.41) is 13.2. The van der Waals surface area contributed by atoms with E-state index in [1.165, 1.54) is 29.2 Å². The first kappa shape index (κ1) is 24.5. The summed E-state index contributed by atoms with van der Waals surface area (Å²) in [6, 6.07) is 13.1. The molecule has 2 heterocycles. The Labute approximate surface area is 207 Å². The summed E-state index contributed by atoms with van der Waals surface area (Å²) in [6.45, 7) is 7.82. The van der Waals surface area contributed by atoms with Crippen molar-refractivity contribution in [3.8, 4) is 0 Å². The van der Waals surface area contributed by atoms with Gasteiger partial charge in [-0.05, 0) is 41.8 Å². The highest BCUT2D eigenvalue weighted by Gasteiger charge is 2.38. The van der Waals surface area contributed by atoms with E-state index in [-0.39, 0.29) is 33.5 Å². The normalized spacial score (nSPS) is 16.3. The zero-order valence-corrected chi connectivity index (χ0v) is 20.6. The number of hydrogen-bond donors (Lipinski definition) is 3. The molecular weight excluding hydrogens is 469 g/mol. The predicted octanol–water partition coefficient (Wildman–Crippen LogP) is 5.05. The molecule has 0 spiro atoms. The van der Waals surface area contributed by atoms with Crippen LogP contribution < -0.4 is 16.0 Å². The van der Waals surface area contributed by atoms with Gasteiger partial charge in [0, 0.05) is 36.6 Å². The van der Waals surface area contributed by atoms with Crippen LogP contribution in [-0.4, -0.2) is 52.5 Å². The van der Waals surface area contributed by atoms with Crippen molar-refractivity contribution in [2.75, 3.05) is 35.6 Å². The summed E-state index contributed by atoms with van der Waals surface area (Å²) in [6.07, 6.45) is -0.887. The first-order valence-electron chi connectivity index (χ1n) is 11.2. The summed E-state index contributed by atoms with van der Waals surface area (Å²) < 4.78 is 13.5. The number of nitrogens with zero attached hydrogens (tertiary/aromatic N) is 3. The van der Waals surface area contributed by atoms with Crippen molar-refractivity contribution in [2.24, 2.45) is 5.41 Å². The third-order valence-electron chi connectivity index (χ3n) is 6.06. The molecule has 8 nitrogen and oxygen atoms in total. The van der Waals surface area contributed by atoms with Crippen LogP contribution in [0.3, 0.4) is 0 Å². The minimum Gasteiger partial charge on any atom is -0.465 e. The molecule has 2 aromatic carbocycles. The van der Waals surface area contributed by atoms with E-state index in [1.54, 1.807) is 0 Å². The molecule has 4 N–H and O–H groups in total. The number of aromatic nitrogens is 1. The van der Waals surface area contributed by atoms with Gasteiger partial charge in [-0.15, -0.1) is 0 Å². The fraction of sp³-hybridized carbons (Fsp3) is 0.320. The van der Waals surface area contributed by atoms with Crippen LogP contribution in [0, 0.1) is 11.2 Å². The summed E-state index contributed by atoms with van der Waals surface area (Å²) in [5.74, 6) is -0.778. The maximum atomic E-state index is 13.5. The molecule has 1 amide bonds. The lowest BCUT2D eigenvalue weighted by atomic mass is 9.84. The molecule has 10 heteroatoms. The Bertz CT molecular complexity index is 1240.